The third-order valence-corrected chi connectivity index (χ3v) is 5.39. The van der Waals surface area contributed by atoms with Crippen LogP contribution in [-0.4, -0.2) is 41.7 Å². The van der Waals surface area contributed by atoms with E-state index < -0.39 is 21.8 Å². The fourth-order valence-corrected chi connectivity index (χ4v) is 3.77. The highest BCUT2D eigenvalue weighted by molar-refractivity contribution is 7.93. The van der Waals surface area contributed by atoms with Crippen molar-refractivity contribution in [3.8, 4) is 17.4 Å². The fraction of sp³-hybridized carbons (Fsp3) is 0.381. The van der Waals surface area contributed by atoms with E-state index in [-0.39, 0.29) is 23.1 Å². The molecule has 30 heavy (non-hydrogen) atoms. The Balaban J connectivity index is 1.87. The van der Waals surface area contributed by atoms with Gasteiger partial charge in [-0.1, -0.05) is 25.0 Å². The summed E-state index contributed by atoms with van der Waals surface area (Å²) in [7, 11) is -3.29. The Morgan fingerprint density at radius 3 is 2.73 bits per heavy atom. The van der Waals surface area contributed by atoms with Gasteiger partial charge >= 0.3 is 0 Å². The van der Waals surface area contributed by atoms with E-state index in [9.17, 15) is 18.3 Å². The summed E-state index contributed by atoms with van der Waals surface area (Å²) >= 11 is 0. The van der Waals surface area contributed by atoms with Gasteiger partial charge in [0.2, 0.25) is 5.88 Å². The predicted molar refractivity (Wildman–Crippen MR) is 112 cm³/mol. The highest BCUT2D eigenvalue weighted by atomic mass is 32.2. The number of phenolic OH excluding ortho intramolecular Hbond substituents is 1. The molecule has 1 atom stereocenters. The maximum Gasteiger partial charge on any atom is 0.258 e. The SMILES string of the molecule is C[C@@H](/C=C/S(C)(=O)=O)NC(=O)c1cnc(C2CCCC2)nc1Oc1cccc(O)c1. The van der Waals surface area contributed by atoms with Crippen LogP contribution >= 0.6 is 0 Å². The largest absolute Gasteiger partial charge is 0.508 e. The van der Waals surface area contributed by atoms with E-state index in [1.54, 1.807) is 19.1 Å². The molecule has 1 aliphatic rings. The van der Waals surface area contributed by atoms with Crippen molar-refractivity contribution in [1.82, 2.24) is 15.3 Å². The summed E-state index contributed by atoms with van der Waals surface area (Å²) in [6, 6.07) is 5.68. The Kier molecular flexibility index (Phi) is 6.71. The zero-order valence-corrected chi connectivity index (χ0v) is 17.7. The number of amides is 1. The molecule has 3 rings (SSSR count). The minimum atomic E-state index is -3.29. The van der Waals surface area contributed by atoms with Crippen LogP contribution in [0, 0.1) is 0 Å². The maximum atomic E-state index is 12.8. The third kappa shape index (κ3) is 6.03. The van der Waals surface area contributed by atoms with Crippen LogP contribution in [-0.2, 0) is 9.84 Å². The van der Waals surface area contributed by atoms with Crippen LogP contribution in [0.25, 0.3) is 0 Å². The molecule has 8 nitrogen and oxygen atoms in total. The molecule has 1 amide bonds. The smallest absolute Gasteiger partial charge is 0.258 e. The number of nitrogens with zero attached hydrogens (tertiary/aromatic N) is 2. The van der Waals surface area contributed by atoms with E-state index >= 15 is 0 Å². The highest BCUT2D eigenvalue weighted by Crippen LogP contribution is 2.34. The first-order valence-corrected chi connectivity index (χ1v) is 11.7. The second-order valence-electron chi connectivity index (χ2n) is 7.45. The van der Waals surface area contributed by atoms with Gasteiger partial charge in [0.05, 0.1) is 0 Å². The number of nitrogens with one attached hydrogen (secondary N) is 1. The second-order valence-corrected chi connectivity index (χ2v) is 9.38. The number of ether oxygens (including phenoxy) is 1. The molecule has 1 aromatic heterocycles. The number of carbonyl (C=O) groups excluding carboxylic acids is 1. The van der Waals surface area contributed by atoms with Gasteiger partial charge in [-0.15, -0.1) is 0 Å². The Morgan fingerprint density at radius 2 is 2.07 bits per heavy atom. The molecule has 0 unspecified atom stereocenters. The molecule has 0 radical (unpaired) electrons. The van der Waals surface area contributed by atoms with Crippen LogP contribution in [0.1, 0.15) is 54.7 Å². The summed E-state index contributed by atoms with van der Waals surface area (Å²) < 4.78 is 28.4. The van der Waals surface area contributed by atoms with Gasteiger partial charge in [-0.25, -0.2) is 13.4 Å². The van der Waals surface area contributed by atoms with Gasteiger partial charge in [0.1, 0.15) is 22.9 Å². The summed E-state index contributed by atoms with van der Waals surface area (Å²) in [5, 5.41) is 13.4. The number of hydrogen-bond acceptors (Lipinski definition) is 7. The van der Waals surface area contributed by atoms with Crippen molar-refractivity contribution in [2.75, 3.05) is 6.26 Å². The molecule has 0 bridgehead atoms. The lowest BCUT2D eigenvalue weighted by molar-refractivity contribution is 0.0943. The molecular weight excluding hydrogens is 406 g/mol. The lowest BCUT2D eigenvalue weighted by Gasteiger charge is -2.15. The maximum absolute atomic E-state index is 12.8. The lowest BCUT2D eigenvalue weighted by Crippen LogP contribution is -2.31. The van der Waals surface area contributed by atoms with Crippen LogP contribution in [0.3, 0.4) is 0 Å². The number of rotatable bonds is 7. The van der Waals surface area contributed by atoms with Gasteiger partial charge in [-0.3, -0.25) is 4.79 Å². The third-order valence-electron chi connectivity index (χ3n) is 4.74. The number of aromatic hydroxyl groups is 1. The number of phenols is 1. The number of benzene rings is 1. The number of sulfone groups is 1. The minimum Gasteiger partial charge on any atom is -0.508 e. The highest BCUT2D eigenvalue weighted by Gasteiger charge is 2.24. The first-order valence-electron chi connectivity index (χ1n) is 9.74. The molecule has 0 aliphatic heterocycles. The lowest BCUT2D eigenvalue weighted by atomic mass is 10.1. The van der Waals surface area contributed by atoms with Gasteiger partial charge in [-0.2, -0.15) is 4.98 Å². The number of hydrogen-bond donors (Lipinski definition) is 2. The molecule has 9 heteroatoms. The quantitative estimate of drug-likeness (QED) is 0.690. The molecule has 1 heterocycles. The van der Waals surface area contributed by atoms with Gasteiger partial charge in [0, 0.05) is 35.9 Å². The summed E-state index contributed by atoms with van der Waals surface area (Å²) in [5.41, 5.74) is 0.125. The monoisotopic (exact) mass is 431 g/mol. The average Bonchev–Trinajstić information content (AvgIpc) is 3.20. The van der Waals surface area contributed by atoms with E-state index in [0.717, 1.165) is 37.3 Å². The Hall–Kier alpha value is -2.94. The van der Waals surface area contributed by atoms with Gasteiger partial charge < -0.3 is 15.2 Å². The predicted octanol–water partition coefficient (Wildman–Crippen LogP) is 3.31. The van der Waals surface area contributed by atoms with E-state index in [1.165, 1.54) is 24.4 Å². The van der Waals surface area contributed by atoms with Gasteiger partial charge in [0.25, 0.3) is 5.91 Å². The summed E-state index contributed by atoms with van der Waals surface area (Å²) in [6.07, 6.45) is 8.11. The molecule has 2 N–H and O–H groups in total. The van der Waals surface area contributed by atoms with Crippen molar-refractivity contribution in [3.05, 3.63) is 53.3 Å². The molecule has 2 aromatic rings. The molecule has 1 fully saturated rings. The summed E-state index contributed by atoms with van der Waals surface area (Å²) in [5.74, 6) is 0.825. The molecule has 1 aliphatic carbocycles. The van der Waals surface area contributed by atoms with Crippen LogP contribution in [0.4, 0.5) is 0 Å². The molecule has 1 aromatic carbocycles. The first kappa shape index (κ1) is 21.8. The van der Waals surface area contributed by atoms with Gasteiger partial charge in [0.15, 0.2) is 9.84 Å². The Labute approximate surface area is 175 Å². The van der Waals surface area contributed by atoms with Crippen LogP contribution in [0.2, 0.25) is 0 Å². The fourth-order valence-electron chi connectivity index (χ4n) is 3.25. The first-order chi connectivity index (χ1) is 14.2. The number of carbonyl (C=O) groups is 1. The average molecular weight is 432 g/mol. The van der Waals surface area contributed by atoms with Crippen molar-refractivity contribution in [2.24, 2.45) is 0 Å². The number of aromatic nitrogens is 2. The molecule has 0 saturated heterocycles. The Bertz CT molecular complexity index is 1050. The minimum absolute atomic E-state index is 0.0307. The molecule has 160 valence electrons. The summed E-state index contributed by atoms with van der Waals surface area (Å²) in [6.45, 7) is 1.66. The zero-order valence-electron chi connectivity index (χ0n) is 16.9. The van der Waals surface area contributed by atoms with E-state index in [4.69, 9.17) is 4.74 Å². The standard InChI is InChI=1S/C21H25N3O5S/c1-14(10-11-30(2,27)28)23-20(26)18-13-22-19(15-6-3-4-7-15)24-21(18)29-17-9-5-8-16(25)12-17/h5,8-15,25H,3-4,6-7H2,1-2H3,(H,23,26)/b11-10+/t14-/m0/s1. The normalized spacial score (nSPS) is 15.9. The second kappa shape index (κ2) is 9.25. The van der Waals surface area contributed by atoms with E-state index in [1.807, 2.05) is 0 Å². The van der Waals surface area contributed by atoms with Gasteiger partial charge in [-0.05, 0) is 31.9 Å². The summed E-state index contributed by atoms with van der Waals surface area (Å²) in [4.78, 5) is 21.7. The van der Waals surface area contributed by atoms with E-state index in [2.05, 4.69) is 15.3 Å². The van der Waals surface area contributed by atoms with Crippen molar-refractivity contribution in [1.29, 1.82) is 0 Å². The van der Waals surface area contributed by atoms with Crippen molar-refractivity contribution in [3.63, 3.8) is 0 Å². The van der Waals surface area contributed by atoms with Crippen LogP contribution < -0.4 is 10.1 Å². The van der Waals surface area contributed by atoms with Crippen molar-refractivity contribution in [2.45, 2.75) is 44.6 Å². The van der Waals surface area contributed by atoms with Crippen LogP contribution in [0.5, 0.6) is 17.4 Å². The Morgan fingerprint density at radius 1 is 1.33 bits per heavy atom. The van der Waals surface area contributed by atoms with Crippen molar-refractivity contribution < 1.29 is 23.1 Å². The molecule has 0 spiro atoms. The molecule has 1 saturated carbocycles. The zero-order chi connectivity index (χ0) is 21.7. The van der Waals surface area contributed by atoms with E-state index in [0.29, 0.717) is 11.6 Å². The molecular formula is C21H25N3O5S. The van der Waals surface area contributed by atoms with Crippen LogP contribution in [0.15, 0.2) is 41.9 Å². The van der Waals surface area contributed by atoms with Crippen molar-refractivity contribution >= 4 is 15.7 Å². The topological polar surface area (TPSA) is 118 Å².